The number of methoxy groups -OCH3 is 6. The van der Waals surface area contributed by atoms with E-state index in [1.807, 2.05) is 0 Å². The number of aromatic carboxylic acids is 3. The van der Waals surface area contributed by atoms with E-state index >= 15 is 0 Å². The molecule has 0 saturated carbocycles. The van der Waals surface area contributed by atoms with Gasteiger partial charge in [0.15, 0.2) is 34.5 Å². The average molecular weight is 683 g/mol. The monoisotopic (exact) mass is 683 g/mol. The van der Waals surface area contributed by atoms with Crippen LogP contribution >= 0.6 is 0 Å². The fraction of sp³-hybridized carbons (Fsp3) is 0.222. The van der Waals surface area contributed by atoms with Gasteiger partial charge in [-0.05, 0) is 36.4 Å². The van der Waals surface area contributed by atoms with Gasteiger partial charge in [0.2, 0.25) is 17.2 Å². The number of carbonyl (C=O) groups is 3. The summed E-state index contributed by atoms with van der Waals surface area (Å²) in [6.07, 6.45) is 0. The van der Waals surface area contributed by atoms with Crippen LogP contribution < -0.4 is 28.4 Å². The molecule has 0 aromatic heterocycles. The first kappa shape index (κ1) is 38.4. The molecule has 0 saturated heterocycles. The molecule has 231 valence electrons. The van der Waals surface area contributed by atoms with Crippen molar-refractivity contribution in [3.63, 3.8) is 0 Å². The molecule has 15 nitrogen and oxygen atoms in total. The molecule has 0 bridgehead atoms. The van der Waals surface area contributed by atoms with Crippen LogP contribution in [0.5, 0.6) is 51.7 Å². The van der Waals surface area contributed by atoms with E-state index in [-0.39, 0.29) is 101 Å². The van der Waals surface area contributed by atoms with Crippen LogP contribution in [0.3, 0.4) is 0 Å². The molecule has 0 heterocycles. The molecule has 0 atom stereocenters. The number of benzene rings is 3. The molecule has 43 heavy (non-hydrogen) atoms. The van der Waals surface area contributed by atoms with Crippen LogP contribution in [0.15, 0.2) is 36.4 Å². The smallest absolute Gasteiger partial charge is 0.335 e. The molecule has 0 aliphatic rings. The van der Waals surface area contributed by atoms with E-state index in [1.165, 1.54) is 79.1 Å². The summed E-state index contributed by atoms with van der Waals surface area (Å²) in [5, 5.41) is 54.5. The van der Waals surface area contributed by atoms with Crippen LogP contribution in [0.1, 0.15) is 31.1 Å². The number of carboxylic acid groups (broad SMARTS) is 3. The maximum atomic E-state index is 10.7. The van der Waals surface area contributed by atoms with Crippen LogP contribution in [0.4, 0.5) is 0 Å². The second kappa shape index (κ2) is 18.0. The van der Waals surface area contributed by atoms with Crippen LogP contribution in [-0.2, 0) is 32.7 Å². The first-order valence-electron chi connectivity index (χ1n) is 11.3. The maximum Gasteiger partial charge on any atom is 0.335 e. The summed E-state index contributed by atoms with van der Waals surface area (Å²) < 4.78 is 28.7. The minimum Gasteiger partial charge on any atom is -0.502 e. The number of ether oxygens (including phenoxy) is 6. The maximum absolute atomic E-state index is 10.7. The average Bonchev–Trinajstić information content (AvgIpc) is 2.97. The Labute approximate surface area is 270 Å². The Morgan fingerprint density at radius 2 is 0.558 bits per heavy atom. The van der Waals surface area contributed by atoms with Crippen LogP contribution in [0, 0.1) is 0 Å². The molecule has 6 N–H and O–H groups in total. The van der Waals surface area contributed by atoms with Crippen molar-refractivity contribution in [3.05, 3.63) is 53.1 Å². The number of phenolic OH excluding ortho intramolecular Hbond substituents is 3. The van der Waals surface area contributed by atoms with Gasteiger partial charge in [-0.1, -0.05) is 0 Å². The van der Waals surface area contributed by atoms with E-state index in [2.05, 4.69) is 0 Å². The van der Waals surface area contributed by atoms with Crippen molar-refractivity contribution in [1.29, 1.82) is 0 Å². The number of rotatable bonds is 9. The second-order valence-corrected chi connectivity index (χ2v) is 7.60. The van der Waals surface area contributed by atoms with Gasteiger partial charge in [0, 0.05) is 32.7 Å². The Kier molecular flexibility index (Phi) is 16.1. The van der Waals surface area contributed by atoms with Gasteiger partial charge in [0.1, 0.15) is 0 Å². The van der Waals surface area contributed by atoms with Crippen molar-refractivity contribution < 1.29 is 106 Å². The largest absolute Gasteiger partial charge is 0.502 e. The molecule has 0 spiro atoms. The molecule has 3 rings (SSSR count). The predicted molar refractivity (Wildman–Crippen MR) is 145 cm³/mol. The van der Waals surface area contributed by atoms with Crippen molar-refractivity contribution in [2.75, 3.05) is 42.7 Å². The molecule has 0 amide bonds. The number of hydrogen-bond donors (Lipinski definition) is 6. The Bertz CT molecular complexity index is 1180. The normalized spacial score (nSPS) is 9.35. The van der Waals surface area contributed by atoms with Crippen LogP contribution in [-0.4, -0.2) is 91.2 Å². The number of phenols is 3. The summed E-state index contributed by atoms with van der Waals surface area (Å²) in [4.78, 5) is 32.0. The zero-order valence-corrected chi connectivity index (χ0v) is 26.7. The Morgan fingerprint density at radius 1 is 0.419 bits per heavy atom. The van der Waals surface area contributed by atoms with Gasteiger partial charge >= 0.3 is 17.9 Å². The fourth-order valence-corrected chi connectivity index (χ4v) is 3.05. The van der Waals surface area contributed by atoms with E-state index in [9.17, 15) is 29.7 Å². The van der Waals surface area contributed by atoms with Gasteiger partial charge in [-0.25, -0.2) is 14.4 Å². The molecule has 0 aliphatic carbocycles. The van der Waals surface area contributed by atoms with E-state index in [4.69, 9.17) is 43.7 Å². The summed E-state index contributed by atoms with van der Waals surface area (Å²) in [7, 11) is 8.00. The van der Waals surface area contributed by atoms with Crippen molar-refractivity contribution in [3.8, 4) is 51.7 Å². The summed E-state index contributed by atoms with van der Waals surface area (Å²) in [6, 6.07) is 7.33. The first-order valence-corrected chi connectivity index (χ1v) is 11.3. The molecule has 3 aromatic carbocycles. The third-order valence-corrected chi connectivity index (χ3v) is 5.18. The van der Waals surface area contributed by atoms with Gasteiger partial charge in [-0.3, -0.25) is 0 Å². The predicted octanol–water partition coefficient (Wildman–Crippen LogP) is 3.32. The van der Waals surface area contributed by atoms with Crippen molar-refractivity contribution in [2.45, 2.75) is 0 Å². The minimum absolute atomic E-state index is 0. The minimum atomic E-state index is -1.11. The summed E-state index contributed by atoms with van der Waals surface area (Å²) in [5.74, 6) is -3.53. The van der Waals surface area contributed by atoms with Crippen molar-refractivity contribution in [2.24, 2.45) is 0 Å². The molecule has 0 fully saturated rings. The zero-order valence-electron chi connectivity index (χ0n) is 23.9. The molecule has 1 radical (unpaired) electrons. The zero-order chi connectivity index (χ0) is 32.1. The topological polar surface area (TPSA) is 228 Å². The van der Waals surface area contributed by atoms with Gasteiger partial charge in [0.05, 0.1) is 59.3 Å². The third kappa shape index (κ3) is 10.3. The molecule has 0 aliphatic heterocycles. The van der Waals surface area contributed by atoms with Crippen LogP contribution in [0.2, 0.25) is 0 Å². The van der Waals surface area contributed by atoms with Gasteiger partial charge in [0.25, 0.3) is 0 Å². The van der Waals surface area contributed by atoms with E-state index < -0.39 is 17.9 Å². The van der Waals surface area contributed by atoms with Gasteiger partial charge in [-0.2, -0.15) is 0 Å². The Balaban J connectivity index is 0.000000608. The van der Waals surface area contributed by atoms with Crippen molar-refractivity contribution >= 4 is 17.9 Å². The van der Waals surface area contributed by atoms with Gasteiger partial charge < -0.3 is 59.1 Å². The third-order valence-electron chi connectivity index (χ3n) is 5.18. The van der Waals surface area contributed by atoms with Crippen LogP contribution in [0.25, 0.3) is 0 Å². The molecule has 3 aromatic rings. The SMILES string of the molecule is COc1cc(C(=O)O)cc(OC)c1O.COc1cc(C(=O)O)cc(OC)c1O.COc1cc(C(=O)O)cc(OC)c1O.[Y]. The molecular formula is C27H30O15Y. The Morgan fingerprint density at radius 3 is 0.651 bits per heavy atom. The van der Waals surface area contributed by atoms with E-state index in [0.717, 1.165) is 0 Å². The van der Waals surface area contributed by atoms with E-state index in [0.29, 0.717) is 0 Å². The molecule has 16 heteroatoms. The quantitative estimate of drug-likeness (QED) is 0.190. The number of carboxylic acids is 3. The molecular weight excluding hydrogens is 653 g/mol. The summed E-state index contributed by atoms with van der Waals surface area (Å²) in [6.45, 7) is 0. The summed E-state index contributed by atoms with van der Waals surface area (Å²) in [5.41, 5.74) is -0.00972. The second-order valence-electron chi connectivity index (χ2n) is 7.60. The molecule has 0 unspecified atom stereocenters. The number of hydrogen-bond acceptors (Lipinski definition) is 12. The fourth-order valence-electron chi connectivity index (χ4n) is 3.05. The van der Waals surface area contributed by atoms with Gasteiger partial charge in [-0.15, -0.1) is 0 Å². The Hall–Kier alpha value is -4.63. The number of aromatic hydroxyl groups is 3. The summed E-state index contributed by atoms with van der Waals surface area (Å²) >= 11 is 0. The standard InChI is InChI=1S/3C9H10O5.Y/c3*1-13-6-3-5(9(11)12)4-7(14-2)8(6)10;/h3*3-4,10H,1-2H3,(H,11,12);. The van der Waals surface area contributed by atoms with Crippen molar-refractivity contribution in [1.82, 2.24) is 0 Å². The van der Waals surface area contributed by atoms with E-state index in [1.54, 1.807) is 0 Å². The first-order chi connectivity index (χ1) is 19.8.